The van der Waals surface area contributed by atoms with Gasteiger partial charge >= 0.3 is 0 Å². The summed E-state index contributed by atoms with van der Waals surface area (Å²) in [6, 6.07) is 61.4. The molecule has 0 saturated carbocycles. The molecule has 13 rings (SSSR count). The zero-order valence-electron chi connectivity index (χ0n) is 29.8. The van der Waals surface area contributed by atoms with Crippen LogP contribution < -0.4 is 0 Å². The van der Waals surface area contributed by atoms with Crippen molar-refractivity contribution < 1.29 is 0 Å². The molecule has 0 spiro atoms. The van der Waals surface area contributed by atoms with E-state index >= 15 is 0 Å². The molecule has 8 aromatic carbocycles. The molecule has 56 heavy (non-hydrogen) atoms. The molecule has 13 aromatic rings. The summed E-state index contributed by atoms with van der Waals surface area (Å²) in [7, 11) is 0. The molecule has 0 saturated heterocycles. The van der Waals surface area contributed by atoms with Crippen LogP contribution in [0.2, 0.25) is 0 Å². The van der Waals surface area contributed by atoms with Gasteiger partial charge in [0, 0.05) is 58.4 Å². The van der Waals surface area contributed by atoms with Gasteiger partial charge in [0.25, 0.3) is 0 Å². The van der Waals surface area contributed by atoms with Crippen molar-refractivity contribution in [1.29, 1.82) is 0 Å². The van der Waals surface area contributed by atoms with Gasteiger partial charge in [-0.15, -0.1) is 22.7 Å². The van der Waals surface area contributed by atoms with E-state index in [0.29, 0.717) is 5.95 Å². The highest BCUT2D eigenvalue weighted by atomic mass is 32.1. The molecule has 0 aliphatic carbocycles. The summed E-state index contributed by atoms with van der Waals surface area (Å²) in [5.74, 6) is 0.683. The van der Waals surface area contributed by atoms with Gasteiger partial charge in [-0.3, -0.25) is 4.57 Å². The maximum absolute atomic E-state index is 5.66. The largest absolute Gasteiger partial charge is 0.309 e. The van der Waals surface area contributed by atoms with E-state index in [1.54, 1.807) is 11.3 Å². The number of aromatic nitrogens is 4. The van der Waals surface area contributed by atoms with Gasteiger partial charge in [0.1, 0.15) is 0 Å². The predicted octanol–water partition coefficient (Wildman–Crippen LogP) is 14.2. The molecule has 5 aromatic heterocycles. The van der Waals surface area contributed by atoms with Gasteiger partial charge in [0.2, 0.25) is 5.95 Å². The molecule has 0 fully saturated rings. The number of hydrogen-bond donors (Lipinski definition) is 0. The number of hydrogen-bond acceptors (Lipinski definition) is 4. The van der Waals surface area contributed by atoms with E-state index in [1.807, 2.05) is 11.3 Å². The van der Waals surface area contributed by atoms with Crippen molar-refractivity contribution in [2.75, 3.05) is 0 Å². The van der Waals surface area contributed by atoms with Gasteiger partial charge in [0.05, 0.1) is 42.7 Å². The van der Waals surface area contributed by atoms with E-state index < -0.39 is 0 Å². The monoisotopic (exact) mass is 748 g/mol. The molecular formula is C50H28N4S2. The molecule has 4 nitrogen and oxygen atoms in total. The van der Waals surface area contributed by atoms with E-state index in [1.165, 1.54) is 68.2 Å². The molecular weight excluding hydrogens is 721 g/mol. The number of para-hydroxylation sites is 3. The first-order valence-electron chi connectivity index (χ1n) is 18.8. The van der Waals surface area contributed by atoms with Crippen molar-refractivity contribution >= 4 is 118 Å². The fourth-order valence-corrected chi connectivity index (χ4v) is 11.6. The Morgan fingerprint density at radius 3 is 1.75 bits per heavy atom. The first kappa shape index (κ1) is 30.5. The highest BCUT2D eigenvalue weighted by Crippen LogP contribution is 2.48. The molecule has 0 bridgehead atoms. The van der Waals surface area contributed by atoms with Gasteiger partial charge in [-0.2, -0.15) is 0 Å². The smallest absolute Gasteiger partial charge is 0.235 e. The summed E-state index contributed by atoms with van der Waals surface area (Å²) >= 11 is 3.64. The zero-order valence-corrected chi connectivity index (χ0v) is 31.4. The molecule has 5 heterocycles. The minimum Gasteiger partial charge on any atom is -0.309 e. The Bertz CT molecular complexity index is 3770. The lowest BCUT2D eigenvalue weighted by Crippen LogP contribution is -2.03. The van der Waals surface area contributed by atoms with Crippen LogP contribution in [0.3, 0.4) is 0 Å². The van der Waals surface area contributed by atoms with Crippen LogP contribution in [0.4, 0.5) is 0 Å². The second kappa shape index (κ2) is 11.3. The van der Waals surface area contributed by atoms with E-state index in [0.717, 1.165) is 43.6 Å². The summed E-state index contributed by atoms with van der Waals surface area (Å²) in [6.45, 7) is 0. The van der Waals surface area contributed by atoms with Crippen LogP contribution in [0.25, 0.3) is 118 Å². The molecule has 0 aliphatic rings. The Morgan fingerprint density at radius 2 is 0.964 bits per heavy atom. The second-order valence-electron chi connectivity index (χ2n) is 14.5. The van der Waals surface area contributed by atoms with Crippen molar-refractivity contribution in [2.24, 2.45) is 0 Å². The zero-order chi connectivity index (χ0) is 36.5. The standard InChI is InChI=1S/C50H28N4S2/c1-2-14-30(15-3-1)53-38-22-10-6-16-31(38)37-28-29(26-27-40(37)53)45-49-46(36-21-9-13-25-42(36)56-49)52-50(51-45)54-39-23-11-7-19-34(39)43-32-17-4-5-18-33(32)44-35-20-8-12-24-41(35)55-48(44)47(43)54/h1-28H. The van der Waals surface area contributed by atoms with Crippen LogP contribution in [0.1, 0.15) is 0 Å². The lowest BCUT2D eigenvalue weighted by atomic mass is 9.99. The molecule has 0 amide bonds. The highest BCUT2D eigenvalue weighted by Gasteiger charge is 2.25. The number of fused-ring (bicyclic) bond motifs is 16. The van der Waals surface area contributed by atoms with Gasteiger partial charge in [0.15, 0.2) is 0 Å². The maximum atomic E-state index is 5.66. The quantitative estimate of drug-likeness (QED) is 0.180. The Balaban J connectivity index is 1.18. The van der Waals surface area contributed by atoms with Crippen molar-refractivity contribution in [3.63, 3.8) is 0 Å². The molecule has 0 unspecified atom stereocenters. The first-order valence-corrected chi connectivity index (χ1v) is 20.5. The van der Waals surface area contributed by atoms with E-state index in [-0.39, 0.29) is 0 Å². The maximum Gasteiger partial charge on any atom is 0.235 e. The van der Waals surface area contributed by atoms with Gasteiger partial charge < -0.3 is 4.57 Å². The third kappa shape index (κ3) is 4.06. The number of nitrogens with zero attached hydrogens (tertiary/aromatic N) is 4. The summed E-state index contributed by atoms with van der Waals surface area (Å²) < 4.78 is 9.56. The molecule has 260 valence electrons. The number of benzene rings is 8. The van der Waals surface area contributed by atoms with Crippen LogP contribution >= 0.6 is 22.7 Å². The third-order valence-electron chi connectivity index (χ3n) is 11.5. The fourth-order valence-electron chi connectivity index (χ4n) is 9.18. The first-order chi connectivity index (χ1) is 27.8. The minimum atomic E-state index is 0.683. The van der Waals surface area contributed by atoms with Gasteiger partial charge in [-0.1, -0.05) is 121 Å². The topological polar surface area (TPSA) is 35.6 Å². The SMILES string of the molecule is c1ccc(-n2c3ccccc3c3cc(-c4nc(-n5c6ccccc6c6c7ccccc7c7c8ccccc8sc7c65)nc5c4sc4ccccc45)ccc32)cc1. The Morgan fingerprint density at radius 1 is 0.393 bits per heavy atom. The van der Waals surface area contributed by atoms with Crippen LogP contribution in [0.15, 0.2) is 170 Å². The van der Waals surface area contributed by atoms with Crippen molar-refractivity contribution in [3.8, 4) is 22.9 Å². The Hall–Kier alpha value is -6.86. The number of thiophene rings is 2. The van der Waals surface area contributed by atoms with Crippen LogP contribution in [-0.2, 0) is 0 Å². The lowest BCUT2D eigenvalue weighted by Gasteiger charge is -2.12. The van der Waals surface area contributed by atoms with Gasteiger partial charge in [-0.25, -0.2) is 9.97 Å². The van der Waals surface area contributed by atoms with Crippen molar-refractivity contribution in [2.45, 2.75) is 0 Å². The van der Waals surface area contributed by atoms with Crippen LogP contribution in [-0.4, -0.2) is 19.1 Å². The Labute approximate surface area is 327 Å². The van der Waals surface area contributed by atoms with Crippen LogP contribution in [0, 0.1) is 0 Å². The molecule has 0 N–H and O–H groups in total. The Kier molecular flexibility index (Phi) is 6.17. The molecule has 0 radical (unpaired) electrons. The van der Waals surface area contributed by atoms with Crippen molar-refractivity contribution in [1.82, 2.24) is 19.1 Å². The normalized spacial score (nSPS) is 12.3. The van der Waals surface area contributed by atoms with E-state index in [2.05, 4.69) is 179 Å². The van der Waals surface area contributed by atoms with Gasteiger partial charge in [-0.05, 0) is 59.3 Å². The highest BCUT2D eigenvalue weighted by molar-refractivity contribution is 7.27. The van der Waals surface area contributed by atoms with E-state index in [4.69, 9.17) is 9.97 Å². The minimum absolute atomic E-state index is 0.683. The van der Waals surface area contributed by atoms with Crippen LogP contribution in [0.5, 0.6) is 0 Å². The summed E-state index contributed by atoms with van der Waals surface area (Å²) in [4.78, 5) is 11.2. The second-order valence-corrected chi connectivity index (χ2v) is 16.6. The molecule has 0 atom stereocenters. The third-order valence-corrected chi connectivity index (χ3v) is 13.9. The summed E-state index contributed by atoms with van der Waals surface area (Å²) in [5, 5.41) is 11.1. The molecule has 6 heteroatoms. The number of rotatable bonds is 3. The average Bonchev–Trinajstić information content (AvgIpc) is 4.01. The average molecular weight is 749 g/mol. The summed E-state index contributed by atoms with van der Waals surface area (Å²) in [5.41, 5.74) is 8.77. The summed E-state index contributed by atoms with van der Waals surface area (Å²) in [6.07, 6.45) is 0. The predicted molar refractivity (Wildman–Crippen MR) is 239 cm³/mol. The van der Waals surface area contributed by atoms with Crippen molar-refractivity contribution in [3.05, 3.63) is 170 Å². The molecule has 0 aliphatic heterocycles. The lowest BCUT2D eigenvalue weighted by molar-refractivity contribution is 1.02. The fraction of sp³-hybridized carbons (Fsp3) is 0. The van der Waals surface area contributed by atoms with E-state index in [9.17, 15) is 0 Å².